The van der Waals surface area contributed by atoms with Crippen molar-refractivity contribution in [2.24, 2.45) is 5.73 Å². The molecule has 0 spiro atoms. The van der Waals surface area contributed by atoms with E-state index in [0.717, 1.165) is 31.6 Å². The summed E-state index contributed by atoms with van der Waals surface area (Å²) >= 11 is 0. The highest BCUT2D eigenvalue weighted by Gasteiger charge is 2.36. The van der Waals surface area contributed by atoms with Gasteiger partial charge in [-0.05, 0) is 25.7 Å². The molecule has 2 fully saturated rings. The molecule has 0 radical (unpaired) electrons. The van der Waals surface area contributed by atoms with E-state index in [1.165, 1.54) is 25.7 Å². The lowest BCUT2D eigenvalue weighted by atomic mass is 9.82. The highest BCUT2D eigenvalue weighted by atomic mass is 16.5. The van der Waals surface area contributed by atoms with Gasteiger partial charge in [-0.2, -0.15) is 4.98 Å². The van der Waals surface area contributed by atoms with Crippen LogP contribution >= 0.6 is 0 Å². The van der Waals surface area contributed by atoms with Gasteiger partial charge in [-0.1, -0.05) is 11.6 Å². The molecule has 0 aromatic carbocycles. The van der Waals surface area contributed by atoms with Crippen molar-refractivity contribution in [1.82, 2.24) is 15.0 Å². The van der Waals surface area contributed by atoms with Crippen LogP contribution in [0.5, 0.6) is 0 Å². The average Bonchev–Trinajstić information content (AvgIpc) is 2.79. The minimum atomic E-state index is 0.409. The Kier molecular flexibility index (Phi) is 3.11. The Hall–Kier alpha value is -0.940. The second-order valence-electron chi connectivity index (χ2n) is 5.31. The van der Waals surface area contributed by atoms with Crippen molar-refractivity contribution in [3.63, 3.8) is 0 Å². The van der Waals surface area contributed by atoms with Crippen molar-refractivity contribution >= 4 is 0 Å². The third-order valence-corrected chi connectivity index (χ3v) is 4.16. The summed E-state index contributed by atoms with van der Waals surface area (Å²) in [7, 11) is 0. The van der Waals surface area contributed by atoms with E-state index >= 15 is 0 Å². The fourth-order valence-corrected chi connectivity index (χ4v) is 3.42. The van der Waals surface area contributed by atoms with E-state index in [1.54, 1.807) is 0 Å². The Morgan fingerprint density at radius 3 is 2.76 bits per heavy atom. The molecule has 0 amide bonds. The molecule has 2 bridgehead atoms. The predicted octanol–water partition coefficient (Wildman–Crippen LogP) is 0.956. The van der Waals surface area contributed by atoms with Crippen LogP contribution in [0.3, 0.4) is 0 Å². The molecule has 0 saturated carbocycles. The van der Waals surface area contributed by atoms with Crippen LogP contribution in [0.25, 0.3) is 0 Å². The van der Waals surface area contributed by atoms with Gasteiger partial charge in [-0.15, -0.1) is 0 Å². The highest BCUT2D eigenvalue weighted by molar-refractivity contribution is 4.95. The van der Waals surface area contributed by atoms with Crippen LogP contribution in [0, 0.1) is 0 Å². The van der Waals surface area contributed by atoms with E-state index in [4.69, 9.17) is 10.3 Å². The maximum Gasteiger partial charge on any atom is 0.213 e. The average molecular weight is 236 g/mol. The first-order valence-corrected chi connectivity index (χ1v) is 6.59. The van der Waals surface area contributed by atoms with Gasteiger partial charge in [0.25, 0.3) is 0 Å². The third-order valence-electron chi connectivity index (χ3n) is 4.16. The Morgan fingerprint density at radius 2 is 2.12 bits per heavy atom. The van der Waals surface area contributed by atoms with Crippen LogP contribution in [-0.2, 0) is 6.42 Å². The molecule has 5 nitrogen and oxygen atoms in total. The molecule has 2 atom stereocenters. The maximum atomic E-state index is 6.11. The first kappa shape index (κ1) is 11.2. The Balaban J connectivity index is 1.62. The SMILES string of the molecule is NC1CC2CCCC(C1)N2CCc1ncon1. The van der Waals surface area contributed by atoms with Gasteiger partial charge in [0.05, 0.1) is 0 Å². The van der Waals surface area contributed by atoms with E-state index in [1.807, 2.05) is 0 Å². The molecule has 3 rings (SSSR count). The Morgan fingerprint density at radius 1 is 1.35 bits per heavy atom. The van der Waals surface area contributed by atoms with Crippen molar-refractivity contribution in [3.8, 4) is 0 Å². The molecule has 17 heavy (non-hydrogen) atoms. The van der Waals surface area contributed by atoms with Gasteiger partial charge in [0.1, 0.15) is 0 Å². The number of aromatic nitrogens is 2. The first-order chi connectivity index (χ1) is 8.33. The molecular formula is C12H20N4O. The molecule has 5 heteroatoms. The predicted molar refractivity (Wildman–Crippen MR) is 63.3 cm³/mol. The van der Waals surface area contributed by atoms with Crippen molar-refractivity contribution < 1.29 is 4.52 Å². The number of nitrogens with zero attached hydrogens (tertiary/aromatic N) is 3. The molecule has 2 aliphatic heterocycles. The zero-order valence-electron chi connectivity index (χ0n) is 10.1. The second-order valence-corrected chi connectivity index (χ2v) is 5.31. The quantitative estimate of drug-likeness (QED) is 0.846. The number of piperidine rings is 2. The van der Waals surface area contributed by atoms with Crippen LogP contribution in [0.4, 0.5) is 0 Å². The number of fused-ring (bicyclic) bond motifs is 2. The van der Waals surface area contributed by atoms with Gasteiger partial charge < -0.3 is 10.3 Å². The topological polar surface area (TPSA) is 68.2 Å². The summed E-state index contributed by atoms with van der Waals surface area (Å²) in [6, 6.07) is 1.78. The van der Waals surface area contributed by atoms with E-state index in [2.05, 4.69) is 15.0 Å². The van der Waals surface area contributed by atoms with Crippen LogP contribution in [0.15, 0.2) is 10.9 Å². The van der Waals surface area contributed by atoms with E-state index in [-0.39, 0.29) is 0 Å². The van der Waals surface area contributed by atoms with Crippen molar-refractivity contribution in [2.45, 2.75) is 56.7 Å². The minimum Gasteiger partial charge on any atom is -0.343 e. The molecule has 2 aliphatic rings. The van der Waals surface area contributed by atoms with Crippen molar-refractivity contribution in [1.29, 1.82) is 0 Å². The molecule has 2 unspecified atom stereocenters. The Labute approximate surface area is 101 Å². The van der Waals surface area contributed by atoms with Gasteiger partial charge in [0, 0.05) is 31.1 Å². The summed E-state index contributed by atoms with van der Waals surface area (Å²) in [6.45, 7) is 1.04. The summed E-state index contributed by atoms with van der Waals surface area (Å²) in [5, 5.41) is 3.87. The number of hydrogen-bond donors (Lipinski definition) is 1. The summed E-state index contributed by atoms with van der Waals surface area (Å²) in [6.07, 6.45) is 8.57. The summed E-state index contributed by atoms with van der Waals surface area (Å²) in [5.74, 6) is 0.818. The van der Waals surface area contributed by atoms with Gasteiger partial charge in [0.15, 0.2) is 5.82 Å². The number of hydrogen-bond acceptors (Lipinski definition) is 5. The summed E-state index contributed by atoms with van der Waals surface area (Å²) in [5.41, 5.74) is 6.11. The first-order valence-electron chi connectivity index (χ1n) is 6.59. The lowest BCUT2D eigenvalue weighted by Gasteiger charge is -2.48. The highest BCUT2D eigenvalue weighted by Crippen LogP contribution is 2.33. The summed E-state index contributed by atoms with van der Waals surface area (Å²) in [4.78, 5) is 6.71. The van der Waals surface area contributed by atoms with Crippen LogP contribution in [0.1, 0.15) is 37.9 Å². The number of rotatable bonds is 3. The molecular weight excluding hydrogens is 216 g/mol. The zero-order chi connectivity index (χ0) is 11.7. The standard InChI is InChI=1S/C12H20N4O/c13-9-6-10-2-1-3-11(7-9)16(10)5-4-12-14-8-17-15-12/h8-11H,1-7,13H2. The van der Waals surface area contributed by atoms with Gasteiger partial charge in [-0.25, -0.2) is 0 Å². The maximum absolute atomic E-state index is 6.11. The fourth-order valence-electron chi connectivity index (χ4n) is 3.42. The third kappa shape index (κ3) is 2.35. The molecule has 2 saturated heterocycles. The zero-order valence-corrected chi connectivity index (χ0v) is 10.1. The molecule has 94 valence electrons. The molecule has 2 N–H and O–H groups in total. The molecule has 3 heterocycles. The lowest BCUT2D eigenvalue weighted by molar-refractivity contribution is 0.0322. The van der Waals surface area contributed by atoms with Gasteiger partial charge in [0.2, 0.25) is 6.39 Å². The summed E-state index contributed by atoms with van der Waals surface area (Å²) < 4.78 is 4.77. The van der Waals surface area contributed by atoms with Gasteiger partial charge >= 0.3 is 0 Å². The van der Waals surface area contributed by atoms with Crippen molar-refractivity contribution in [3.05, 3.63) is 12.2 Å². The van der Waals surface area contributed by atoms with E-state index in [0.29, 0.717) is 18.1 Å². The number of nitrogens with two attached hydrogens (primary N) is 1. The second kappa shape index (κ2) is 4.74. The fraction of sp³-hybridized carbons (Fsp3) is 0.833. The largest absolute Gasteiger partial charge is 0.343 e. The molecule has 1 aromatic heterocycles. The van der Waals surface area contributed by atoms with E-state index in [9.17, 15) is 0 Å². The van der Waals surface area contributed by atoms with Crippen molar-refractivity contribution in [2.75, 3.05) is 6.54 Å². The van der Waals surface area contributed by atoms with Crippen LogP contribution < -0.4 is 5.73 Å². The molecule has 1 aromatic rings. The lowest BCUT2D eigenvalue weighted by Crippen LogP contribution is -2.55. The molecule has 0 aliphatic carbocycles. The smallest absolute Gasteiger partial charge is 0.213 e. The monoisotopic (exact) mass is 236 g/mol. The minimum absolute atomic E-state index is 0.409. The van der Waals surface area contributed by atoms with E-state index < -0.39 is 0 Å². The van der Waals surface area contributed by atoms with Crippen LogP contribution in [-0.4, -0.2) is 39.7 Å². The normalized spacial score (nSPS) is 33.8. The Bertz CT molecular complexity index is 339. The van der Waals surface area contributed by atoms with Gasteiger partial charge in [-0.3, -0.25) is 4.90 Å². The van der Waals surface area contributed by atoms with Crippen LogP contribution in [0.2, 0.25) is 0 Å².